The zero-order valence-corrected chi connectivity index (χ0v) is 7.95. The van der Waals surface area contributed by atoms with Crippen molar-refractivity contribution in [2.24, 2.45) is 0 Å². The predicted molar refractivity (Wildman–Crippen MR) is 48.8 cm³/mol. The van der Waals surface area contributed by atoms with Gasteiger partial charge in [-0.15, -0.1) is 0 Å². The molecule has 72 valence electrons. The fourth-order valence-corrected chi connectivity index (χ4v) is 1.15. The summed E-state index contributed by atoms with van der Waals surface area (Å²) in [6, 6.07) is 1.60. The molecule has 0 aliphatic rings. The van der Waals surface area contributed by atoms with Gasteiger partial charge in [-0.2, -0.15) is 5.10 Å². The quantitative estimate of drug-likeness (QED) is 0.770. The van der Waals surface area contributed by atoms with E-state index in [2.05, 4.69) is 12.0 Å². The largest absolute Gasteiger partial charge is 0.476 e. The van der Waals surface area contributed by atoms with Gasteiger partial charge in [0.1, 0.15) is 0 Å². The Morgan fingerprint density at radius 3 is 2.85 bits per heavy atom. The Morgan fingerprint density at radius 1 is 1.69 bits per heavy atom. The zero-order chi connectivity index (χ0) is 9.84. The first-order valence-electron chi connectivity index (χ1n) is 4.43. The smallest absolute Gasteiger partial charge is 0.356 e. The van der Waals surface area contributed by atoms with Crippen LogP contribution in [0.25, 0.3) is 0 Å². The first-order chi connectivity index (χ1) is 6.15. The van der Waals surface area contributed by atoms with Crippen LogP contribution >= 0.6 is 0 Å². The van der Waals surface area contributed by atoms with Crippen LogP contribution in [-0.2, 0) is 6.54 Å². The van der Waals surface area contributed by atoms with Gasteiger partial charge < -0.3 is 5.11 Å². The number of nitrogens with zero attached hydrogens (tertiary/aromatic N) is 2. The van der Waals surface area contributed by atoms with E-state index in [1.54, 1.807) is 10.7 Å². The van der Waals surface area contributed by atoms with Crippen molar-refractivity contribution in [3.8, 4) is 0 Å². The fraction of sp³-hybridized carbons (Fsp3) is 0.556. The monoisotopic (exact) mass is 182 g/mol. The van der Waals surface area contributed by atoms with E-state index in [9.17, 15) is 4.79 Å². The molecule has 0 aromatic carbocycles. The number of carboxylic acids is 1. The third-order valence-electron chi connectivity index (χ3n) is 1.92. The minimum atomic E-state index is -0.960. The van der Waals surface area contributed by atoms with Crippen LogP contribution in [0.4, 0.5) is 0 Å². The molecule has 1 aromatic rings. The molecule has 0 bridgehead atoms. The molecule has 4 heteroatoms. The SMILES string of the molecule is CCCCn1nc(C(=O)O)cc1C. The molecule has 4 nitrogen and oxygen atoms in total. The highest BCUT2D eigenvalue weighted by Crippen LogP contribution is 2.04. The molecule has 1 N–H and O–H groups in total. The third-order valence-corrected chi connectivity index (χ3v) is 1.92. The van der Waals surface area contributed by atoms with Crippen molar-refractivity contribution in [3.05, 3.63) is 17.5 Å². The van der Waals surface area contributed by atoms with E-state index in [1.165, 1.54) is 0 Å². The Hall–Kier alpha value is -1.32. The summed E-state index contributed by atoms with van der Waals surface area (Å²) in [6.45, 7) is 4.77. The van der Waals surface area contributed by atoms with E-state index in [0.717, 1.165) is 25.1 Å². The molecule has 0 saturated heterocycles. The van der Waals surface area contributed by atoms with Gasteiger partial charge in [0.25, 0.3) is 0 Å². The highest BCUT2D eigenvalue weighted by atomic mass is 16.4. The molecule has 0 radical (unpaired) electrons. The van der Waals surface area contributed by atoms with Gasteiger partial charge in [-0.3, -0.25) is 4.68 Å². The van der Waals surface area contributed by atoms with Gasteiger partial charge >= 0.3 is 5.97 Å². The van der Waals surface area contributed by atoms with Crippen molar-refractivity contribution in [2.75, 3.05) is 0 Å². The molecule has 0 unspecified atom stereocenters. The van der Waals surface area contributed by atoms with Crippen LogP contribution in [0.3, 0.4) is 0 Å². The van der Waals surface area contributed by atoms with Gasteiger partial charge in [0.05, 0.1) is 0 Å². The third kappa shape index (κ3) is 2.31. The van der Waals surface area contributed by atoms with Crippen molar-refractivity contribution < 1.29 is 9.90 Å². The highest BCUT2D eigenvalue weighted by molar-refractivity contribution is 5.85. The lowest BCUT2D eigenvalue weighted by atomic mass is 10.3. The summed E-state index contributed by atoms with van der Waals surface area (Å²) >= 11 is 0. The molecule has 0 spiro atoms. The number of aryl methyl sites for hydroxylation is 2. The Labute approximate surface area is 77.2 Å². The van der Waals surface area contributed by atoms with Gasteiger partial charge in [-0.1, -0.05) is 13.3 Å². The summed E-state index contributed by atoms with van der Waals surface area (Å²) in [4.78, 5) is 10.6. The Morgan fingerprint density at radius 2 is 2.38 bits per heavy atom. The molecule has 0 fully saturated rings. The van der Waals surface area contributed by atoms with Crippen molar-refractivity contribution >= 4 is 5.97 Å². The van der Waals surface area contributed by atoms with E-state index < -0.39 is 5.97 Å². The second-order valence-electron chi connectivity index (χ2n) is 3.05. The van der Waals surface area contributed by atoms with Gasteiger partial charge in [0.15, 0.2) is 5.69 Å². The maximum absolute atomic E-state index is 10.6. The second kappa shape index (κ2) is 4.07. The Balaban J connectivity index is 2.77. The molecule has 0 aliphatic heterocycles. The van der Waals surface area contributed by atoms with Gasteiger partial charge in [-0.25, -0.2) is 4.79 Å². The lowest BCUT2D eigenvalue weighted by molar-refractivity contribution is 0.0689. The predicted octanol–water partition coefficient (Wildman–Crippen LogP) is 1.69. The maximum Gasteiger partial charge on any atom is 0.356 e. The Bertz CT molecular complexity index is 305. The average Bonchev–Trinajstić information content (AvgIpc) is 2.44. The van der Waals surface area contributed by atoms with Crippen molar-refractivity contribution in [1.82, 2.24) is 9.78 Å². The highest BCUT2D eigenvalue weighted by Gasteiger charge is 2.09. The van der Waals surface area contributed by atoms with E-state index in [-0.39, 0.29) is 5.69 Å². The van der Waals surface area contributed by atoms with Crippen LogP contribution in [0.1, 0.15) is 35.9 Å². The molecule has 0 atom stereocenters. The van der Waals surface area contributed by atoms with Crippen molar-refractivity contribution in [2.45, 2.75) is 33.2 Å². The number of carboxylic acid groups (broad SMARTS) is 1. The summed E-state index contributed by atoms with van der Waals surface area (Å²) in [5, 5.41) is 12.6. The van der Waals surface area contributed by atoms with E-state index >= 15 is 0 Å². The summed E-state index contributed by atoms with van der Waals surface area (Å²) < 4.78 is 1.74. The van der Waals surface area contributed by atoms with Crippen molar-refractivity contribution in [1.29, 1.82) is 0 Å². The van der Waals surface area contributed by atoms with Crippen LogP contribution in [0.15, 0.2) is 6.07 Å². The second-order valence-corrected chi connectivity index (χ2v) is 3.05. The number of hydrogen-bond acceptors (Lipinski definition) is 2. The summed E-state index contributed by atoms with van der Waals surface area (Å²) in [7, 11) is 0. The summed E-state index contributed by atoms with van der Waals surface area (Å²) in [5.74, 6) is -0.960. The van der Waals surface area contributed by atoms with Gasteiger partial charge in [0, 0.05) is 12.2 Å². The number of carbonyl (C=O) groups is 1. The van der Waals surface area contributed by atoms with Gasteiger partial charge in [-0.05, 0) is 19.4 Å². The normalized spacial score (nSPS) is 10.3. The molecule has 0 saturated carbocycles. The van der Waals surface area contributed by atoms with Crippen molar-refractivity contribution in [3.63, 3.8) is 0 Å². The molecule has 1 heterocycles. The van der Waals surface area contributed by atoms with Crippen LogP contribution in [0, 0.1) is 6.92 Å². The Kier molecular flexibility index (Phi) is 3.06. The van der Waals surface area contributed by atoms with Crippen LogP contribution in [-0.4, -0.2) is 20.9 Å². The summed E-state index contributed by atoms with van der Waals surface area (Å²) in [6.07, 6.45) is 2.11. The molecular weight excluding hydrogens is 168 g/mol. The zero-order valence-electron chi connectivity index (χ0n) is 7.95. The molecule has 0 amide bonds. The number of rotatable bonds is 4. The minimum Gasteiger partial charge on any atom is -0.476 e. The number of aromatic nitrogens is 2. The van der Waals surface area contributed by atoms with Crippen LogP contribution in [0.2, 0.25) is 0 Å². The lowest BCUT2D eigenvalue weighted by Crippen LogP contribution is -2.04. The van der Waals surface area contributed by atoms with Crippen LogP contribution < -0.4 is 0 Å². The molecular formula is C9H14N2O2. The number of hydrogen-bond donors (Lipinski definition) is 1. The van der Waals surface area contributed by atoms with E-state index in [1.807, 2.05) is 6.92 Å². The van der Waals surface area contributed by atoms with Gasteiger partial charge in [0.2, 0.25) is 0 Å². The maximum atomic E-state index is 10.6. The molecule has 1 rings (SSSR count). The molecule has 1 aromatic heterocycles. The minimum absolute atomic E-state index is 0.133. The average molecular weight is 182 g/mol. The number of unbranched alkanes of at least 4 members (excludes halogenated alkanes) is 1. The van der Waals surface area contributed by atoms with E-state index in [0.29, 0.717) is 0 Å². The van der Waals surface area contributed by atoms with Crippen LogP contribution in [0.5, 0.6) is 0 Å². The standard InChI is InChI=1S/C9H14N2O2/c1-3-4-5-11-7(2)6-8(10-11)9(12)13/h6H,3-5H2,1-2H3,(H,12,13). The van der Waals surface area contributed by atoms with E-state index in [4.69, 9.17) is 5.11 Å². The summed E-state index contributed by atoms with van der Waals surface area (Å²) in [5.41, 5.74) is 1.04. The first kappa shape index (κ1) is 9.77. The topological polar surface area (TPSA) is 55.1 Å². The molecule has 13 heavy (non-hydrogen) atoms. The first-order valence-corrected chi connectivity index (χ1v) is 4.43. The number of aromatic carboxylic acids is 1. The fourth-order valence-electron chi connectivity index (χ4n) is 1.15. The lowest BCUT2D eigenvalue weighted by Gasteiger charge is -2.00. The molecule has 0 aliphatic carbocycles.